The van der Waals surface area contributed by atoms with E-state index >= 15 is 0 Å². The van der Waals surface area contributed by atoms with Gasteiger partial charge in [-0.25, -0.2) is 0 Å². The van der Waals surface area contributed by atoms with E-state index in [2.05, 4.69) is 10.2 Å². The van der Waals surface area contributed by atoms with Crippen molar-refractivity contribution in [1.82, 2.24) is 15.1 Å². The largest absolute Gasteiger partial charge is 0.382 e. The Hall–Kier alpha value is -1.92. The average molecular weight is 303 g/mol. The molecule has 0 radical (unpaired) electrons. The van der Waals surface area contributed by atoms with Crippen LogP contribution in [0.25, 0.3) is 10.9 Å². The van der Waals surface area contributed by atoms with Gasteiger partial charge in [0, 0.05) is 25.6 Å². The molecule has 1 fully saturated rings. The SMILES string of the molecule is COC[C@H]1CN(C(=O)c2cccc3[nH]ncc23)CC(C)(C)O1. The van der Waals surface area contributed by atoms with E-state index < -0.39 is 0 Å². The molecule has 1 aromatic heterocycles. The lowest BCUT2D eigenvalue weighted by Crippen LogP contribution is -2.55. The maximum absolute atomic E-state index is 12.9. The van der Waals surface area contributed by atoms with E-state index in [4.69, 9.17) is 9.47 Å². The van der Waals surface area contributed by atoms with Crippen molar-refractivity contribution in [2.75, 3.05) is 26.8 Å². The number of carbonyl (C=O) groups excluding carboxylic acids is 1. The quantitative estimate of drug-likeness (QED) is 0.939. The van der Waals surface area contributed by atoms with Gasteiger partial charge in [-0.05, 0) is 26.0 Å². The molecule has 1 aromatic carbocycles. The van der Waals surface area contributed by atoms with Crippen LogP contribution in [-0.2, 0) is 9.47 Å². The lowest BCUT2D eigenvalue weighted by molar-refractivity contribution is -0.143. The van der Waals surface area contributed by atoms with Crippen LogP contribution < -0.4 is 0 Å². The summed E-state index contributed by atoms with van der Waals surface area (Å²) in [5, 5.41) is 7.77. The zero-order valence-electron chi connectivity index (χ0n) is 13.1. The van der Waals surface area contributed by atoms with Gasteiger partial charge < -0.3 is 14.4 Å². The number of carbonyl (C=O) groups is 1. The summed E-state index contributed by atoms with van der Waals surface area (Å²) in [6.45, 7) is 5.55. The molecule has 22 heavy (non-hydrogen) atoms. The first kappa shape index (κ1) is 15.0. The lowest BCUT2D eigenvalue weighted by atomic mass is 10.0. The summed E-state index contributed by atoms with van der Waals surface area (Å²) in [4.78, 5) is 14.8. The number of fused-ring (bicyclic) bond motifs is 1. The molecule has 1 N–H and O–H groups in total. The first-order valence-electron chi connectivity index (χ1n) is 7.38. The number of H-pyrrole nitrogens is 1. The number of amides is 1. The zero-order valence-corrected chi connectivity index (χ0v) is 13.1. The fraction of sp³-hybridized carbons (Fsp3) is 0.500. The van der Waals surface area contributed by atoms with Crippen molar-refractivity contribution in [3.63, 3.8) is 0 Å². The predicted molar refractivity (Wildman–Crippen MR) is 82.8 cm³/mol. The smallest absolute Gasteiger partial charge is 0.254 e. The number of morpholine rings is 1. The van der Waals surface area contributed by atoms with Crippen molar-refractivity contribution >= 4 is 16.8 Å². The van der Waals surface area contributed by atoms with Gasteiger partial charge in [-0.2, -0.15) is 5.10 Å². The molecule has 0 aliphatic carbocycles. The Bertz CT molecular complexity index is 680. The van der Waals surface area contributed by atoms with Gasteiger partial charge in [-0.3, -0.25) is 9.89 Å². The Kier molecular flexibility index (Phi) is 3.88. The summed E-state index contributed by atoms with van der Waals surface area (Å²) in [5.74, 6) is 0.00415. The molecule has 1 saturated heterocycles. The third-order valence-corrected chi connectivity index (χ3v) is 3.84. The van der Waals surface area contributed by atoms with Gasteiger partial charge in [0.2, 0.25) is 0 Å². The molecule has 0 bridgehead atoms. The molecule has 1 amide bonds. The molecule has 1 aliphatic heterocycles. The summed E-state index contributed by atoms with van der Waals surface area (Å²) in [6.07, 6.45) is 1.59. The summed E-state index contributed by atoms with van der Waals surface area (Å²) in [5.41, 5.74) is 1.15. The molecular formula is C16H21N3O3. The first-order chi connectivity index (χ1) is 10.5. The lowest BCUT2D eigenvalue weighted by Gasteiger charge is -2.42. The van der Waals surface area contributed by atoms with Gasteiger partial charge in [0.1, 0.15) is 0 Å². The molecule has 2 aromatic rings. The zero-order chi connectivity index (χ0) is 15.7. The number of methoxy groups -OCH3 is 1. The Morgan fingerprint density at radius 3 is 3.14 bits per heavy atom. The van der Waals surface area contributed by atoms with Gasteiger partial charge in [-0.1, -0.05) is 6.07 Å². The predicted octanol–water partition coefficient (Wildman–Crippen LogP) is 1.83. The van der Waals surface area contributed by atoms with E-state index in [1.165, 1.54) is 0 Å². The van der Waals surface area contributed by atoms with E-state index in [-0.39, 0.29) is 17.6 Å². The van der Waals surface area contributed by atoms with E-state index in [0.29, 0.717) is 25.3 Å². The van der Waals surface area contributed by atoms with Gasteiger partial charge >= 0.3 is 0 Å². The van der Waals surface area contributed by atoms with Gasteiger partial charge in [0.15, 0.2) is 0 Å². The minimum atomic E-state index is -0.388. The monoisotopic (exact) mass is 303 g/mol. The molecule has 2 heterocycles. The number of aromatic amines is 1. The van der Waals surface area contributed by atoms with Crippen LogP contribution in [0.4, 0.5) is 0 Å². The number of ether oxygens (including phenoxy) is 2. The molecule has 0 saturated carbocycles. The van der Waals surface area contributed by atoms with Gasteiger partial charge in [-0.15, -0.1) is 0 Å². The summed E-state index contributed by atoms with van der Waals surface area (Å²) >= 11 is 0. The number of rotatable bonds is 3. The minimum absolute atomic E-state index is 0.00415. The van der Waals surface area contributed by atoms with Crippen molar-refractivity contribution in [1.29, 1.82) is 0 Å². The molecule has 1 atom stereocenters. The van der Waals surface area contributed by atoms with Crippen LogP contribution in [0.1, 0.15) is 24.2 Å². The second kappa shape index (κ2) is 5.70. The standard InChI is InChI=1S/C16H21N3O3/c1-16(2)10-19(8-11(22-16)9-21-3)15(20)12-5-4-6-14-13(12)7-17-18-14/h4-7,11H,8-10H2,1-3H3,(H,17,18)/t11-/m1/s1. The van der Waals surface area contributed by atoms with E-state index in [0.717, 1.165) is 10.9 Å². The van der Waals surface area contributed by atoms with Crippen molar-refractivity contribution in [3.8, 4) is 0 Å². The van der Waals surface area contributed by atoms with E-state index in [1.54, 1.807) is 13.3 Å². The highest BCUT2D eigenvalue weighted by Gasteiger charge is 2.36. The molecule has 3 rings (SSSR count). The fourth-order valence-electron chi connectivity index (χ4n) is 3.05. The summed E-state index contributed by atoms with van der Waals surface area (Å²) in [6, 6.07) is 5.62. The summed E-state index contributed by atoms with van der Waals surface area (Å²) < 4.78 is 11.2. The van der Waals surface area contributed by atoms with E-state index in [1.807, 2.05) is 36.9 Å². The van der Waals surface area contributed by atoms with Crippen LogP contribution in [0, 0.1) is 0 Å². The number of nitrogens with zero attached hydrogens (tertiary/aromatic N) is 2. The fourth-order valence-corrected chi connectivity index (χ4v) is 3.05. The van der Waals surface area contributed by atoms with Crippen LogP contribution in [-0.4, -0.2) is 59.5 Å². The maximum Gasteiger partial charge on any atom is 0.254 e. The van der Waals surface area contributed by atoms with Crippen LogP contribution in [0.3, 0.4) is 0 Å². The molecule has 0 spiro atoms. The van der Waals surface area contributed by atoms with Crippen molar-refractivity contribution in [2.45, 2.75) is 25.6 Å². The topological polar surface area (TPSA) is 67.5 Å². The van der Waals surface area contributed by atoms with Gasteiger partial charge in [0.05, 0.1) is 35.6 Å². The average Bonchev–Trinajstić information content (AvgIpc) is 2.93. The highest BCUT2D eigenvalue weighted by Crippen LogP contribution is 2.25. The molecule has 0 unspecified atom stereocenters. The van der Waals surface area contributed by atoms with Crippen molar-refractivity contribution < 1.29 is 14.3 Å². The van der Waals surface area contributed by atoms with Crippen molar-refractivity contribution in [2.24, 2.45) is 0 Å². The van der Waals surface area contributed by atoms with Gasteiger partial charge in [0.25, 0.3) is 5.91 Å². The van der Waals surface area contributed by atoms with Crippen LogP contribution in [0.5, 0.6) is 0 Å². The third kappa shape index (κ3) is 2.84. The van der Waals surface area contributed by atoms with Crippen LogP contribution in [0.15, 0.2) is 24.4 Å². The number of benzene rings is 1. The highest BCUT2D eigenvalue weighted by molar-refractivity contribution is 6.06. The van der Waals surface area contributed by atoms with Crippen LogP contribution >= 0.6 is 0 Å². The molecule has 118 valence electrons. The second-order valence-electron chi connectivity index (χ2n) is 6.28. The van der Waals surface area contributed by atoms with E-state index in [9.17, 15) is 4.79 Å². The maximum atomic E-state index is 12.9. The Balaban J connectivity index is 1.89. The molecule has 6 heteroatoms. The van der Waals surface area contributed by atoms with Crippen molar-refractivity contribution in [3.05, 3.63) is 30.0 Å². The molecule has 6 nitrogen and oxygen atoms in total. The Morgan fingerprint density at radius 2 is 2.36 bits per heavy atom. The molecular weight excluding hydrogens is 282 g/mol. The summed E-state index contributed by atoms with van der Waals surface area (Å²) in [7, 11) is 1.64. The third-order valence-electron chi connectivity index (χ3n) is 3.84. The minimum Gasteiger partial charge on any atom is -0.382 e. The van der Waals surface area contributed by atoms with Crippen LogP contribution in [0.2, 0.25) is 0 Å². The second-order valence-corrected chi connectivity index (χ2v) is 6.28. The highest BCUT2D eigenvalue weighted by atomic mass is 16.5. The number of hydrogen-bond donors (Lipinski definition) is 1. The normalized spacial score (nSPS) is 21.2. The molecule has 1 aliphatic rings. The number of aromatic nitrogens is 2. The Morgan fingerprint density at radius 1 is 1.55 bits per heavy atom. The number of nitrogens with one attached hydrogen (secondary N) is 1. The Labute approximate surface area is 129 Å². The number of hydrogen-bond acceptors (Lipinski definition) is 4. The first-order valence-corrected chi connectivity index (χ1v) is 7.38.